The van der Waals surface area contributed by atoms with Crippen molar-refractivity contribution in [1.82, 2.24) is 14.7 Å². The molecule has 0 amide bonds. The Morgan fingerprint density at radius 2 is 0.815 bits per heavy atom. The Balaban J connectivity index is 5.95. The lowest BCUT2D eigenvalue weighted by Gasteiger charge is -2.40. The molecule has 4 heteroatoms. The summed E-state index contributed by atoms with van der Waals surface area (Å²) in [5.74, 6) is 1.59. The summed E-state index contributed by atoms with van der Waals surface area (Å²) in [7, 11) is 1.14. The smallest absolute Gasteiger partial charge is 0.118 e. The Morgan fingerprint density at radius 1 is 0.481 bits per heavy atom. The molecular weight excluding hydrogens is 346 g/mol. The minimum Gasteiger partial charge on any atom is -0.376 e. The van der Waals surface area contributed by atoms with Crippen molar-refractivity contribution in [3.63, 3.8) is 0 Å². The van der Waals surface area contributed by atoms with Gasteiger partial charge in [-0.25, -0.2) is 0 Å². The van der Waals surface area contributed by atoms with Crippen molar-refractivity contribution in [3.8, 4) is 0 Å². The maximum absolute atomic E-state index is 2.74. The van der Waals surface area contributed by atoms with E-state index in [0.29, 0.717) is 0 Å². The van der Waals surface area contributed by atoms with Crippen molar-refractivity contribution in [3.05, 3.63) is 11.1 Å². The molecule has 0 aliphatic carbocycles. The topological polar surface area (TPSA) is 9.72 Å². The molecule has 0 radical (unpaired) electrons. The highest BCUT2D eigenvalue weighted by atomic mass is 28.1. The number of hydrogen-bond donors (Lipinski definition) is 0. The summed E-state index contributed by atoms with van der Waals surface area (Å²) in [6.07, 6.45) is 11.5. The normalized spacial score (nSPS) is 10.9. The summed E-state index contributed by atoms with van der Waals surface area (Å²) in [5, 5.41) is 1.65. The van der Waals surface area contributed by atoms with Crippen molar-refractivity contribution in [2.45, 2.75) is 99.3 Å². The number of unbranched alkanes of at least 4 members (excludes halogenated alkanes) is 3. The van der Waals surface area contributed by atoms with Crippen LogP contribution in [0.2, 0.25) is 0 Å². The molecule has 27 heavy (non-hydrogen) atoms. The maximum Gasteiger partial charge on any atom is 0.118 e. The second-order valence-corrected chi connectivity index (χ2v) is 8.88. The zero-order valence-electron chi connectivity index (χ0n) is 19.9. The van der Waals surface area contributed by atoms with E-state index in [1.54, 1.807) is 11.1 Å². The Bertz CT molecular complexity index is 351. The first-order valence-electron chi connectivity index (χ1n) is 12.1. The average Bonchev–Trinajstić information content (AvgIpc) is 2.67. The molecule has 0 aliphatic rings. The highest BCUT2D eigenvalue weighted by Crippen LogP contribution is 2.21. The number of rotatable bonds is 18. The van der Waals surface area contributed by atoms with Gasteiger partial charge in [0.2, 0.25) is 0 Å². The molecule has 162 valence electrons. The van der Waals surface area contributed by atoms with Crippen LogP contribution in [0.3, 0.4) is 0 Å². The van der Waals surface area contributed by atoms with E-state index in [0.717, 1.165) is 10.2 Å². The van der Waals surface area contributed by atoms with Crippen molar-refractivity contribution in [2.75, 3.05) is 39.3 Å². The van der Waals surface area contributed by atoms with E-state index in [9.17, 15) is 0 Å². The predicted octanol–water partition coefficient (Wildman–Crippen LogP) is 5.01. The van der Waals surface area contributed by atoms with Crippen LogP contribution in [-0.2, 0) is 0 Å². The monoisotopic (exact) mass is 397 g/mol. The van der Waals surface area contributed by atoms with Gasteiger partial charge in [-0.1, -0.05) is 60.8 Å². The van der Waals surface area contributed by atoms with Gasteiger partial charge in [0.05, 0.1) is 10.2 Å². The largest absolute Gasteiger partial charge is 0.376 e. The van der Waals surface area contributed by atoms with Crippen LogP contribution in [0.15, 0.2) is 11.1 Å². The molecule has 0 aromatic heterocycles. The summed E-state index contributed by atoms with van der Waals surface area (Å²) in [6, 6.07) is 0. The van der Waals surface area contributed by atoms with Gasteiger partial charge in [-0.3, -0.25) is 0 Å². The van der Waals surface area contributed by atoms with E-state index in [-0.39, 0.29) is 0 Å². The lowest BCUT2D eigenvalue weighted by molar-refractivity contribution is 0.188. The standard InChI is InChI=1S/C23H51N3Si/c1-7-13-19-24(16-10-4)22(25(17-11-5)20-14-8-2)23(27)26(18-12-6)21-15-9-3/h7-21H2,1-6,27H3. The van der Waals surface area contributed by atoms with E-state index >= 15 is 0 Å². The summed E-state index contributed by atoms with van der Waals surface area (Å²) < 4.78 is 0. The Kier molecular flexibility index (Phi) is 17.0. The van der Waals surface area contributed by atoms with Crippen molar-refractivity contribution in [1.29, 1.82) is 0 Å². The fourth-order valence-corrected chi connectivity index (χ4v) is 4.83. The third-order valence-electron chi connectivity index (χ3n) is 5.22. The molecule has 0 saturated heterocycles. The molecule has 0 rings (SSSR count). The molecule has 0 aliphatic heterocycles. The van der Waals surface area contributed by atoms with Crippen LogP contribution in [0.25, 0.3) is 0 Å². The molecule has 0 N–H and O–H groups in total. The third kappa shape index (κ3) is 10.5. The Labute approximate surface area is 175 Å². The van der Waals surface area contributed by atoms with Gasteiger partial charge < -0.3 is 14.7 Å². The lowest BCUT2D eigenvalue weighted by Crippen LogP contribution is -2.42. The van der Waals surface area contributed by atoms with E-state index < -0.39 is 0 Å². The van der Waals surface area contributed by atoms with Crippen LogP contribution in [0.4, 0.5) is 0 Å². The van der Waals surface area contributed by atoms with Gasteiger partial charge in [0, 0.05) is 44.6 Å². The van der Waals surface area contributed by atoms with Gasteiger partial charge in [-0.2, -0.15) is 0 Å². The van der Waals surface area contributed by atoms with Gasteiger partial charge in [0.25, 0.3) is 0 Å². The Hall–Kier alpha value is -0.643. The molecule has 0 saturated carbocycles. The molecule has 0 spiro atoms. The minimum atomic E-state index is 1.14. The minimum absolute atomic E-state index is 1.14. The van der Waals surface area contributed by atoms with Gasteiger partial charge in [0.15, 0.2) is 0 Å². The maximum atomic E-state index is 2.74. The van der Waals surface area contributed by atoms with Crippen molar-refractivity contribution < 1.29 is 0 Å². The fourth-order valence-electron chi connectivity index (χ4n) is 3.75. The molecule has 0 atom stereocenters. The van der Waals surface area contributed by atoms with Gasteiger partial charge >= 0.3 is 0 Å². The average molecular weight is 398 g/mol. The highest BCUT2D eigenvalue weighted by Gasteiger charge is 2.21. The molecule has 0 heterocycles. The molecule has 3 nitrogen and oxygen atoms in total. The lowest BCUT2D eigenvalue weighted by atomic mass is 10.2. The van der Waals surface area contributed by atoms with Crippen LogP contribution < -0.4 is 0 Å². The first-order valence-corrected chi connectivity index (χ1v) is 13.1. The molecule has 0 aromatic carbocycles. The molecule has 0 fully saturated rings. The van der Waals surface area contributed by atoms with Gasteiger partial charge in [-0.05, 0) is 38.5 Å². The first kappa shape index (κ1) is 26.4. The van der Waals surface area contributed by atoms with E-state index in [2.05, 4.69) is 56.2 Å². The van der Waals surface area contributed by atoms with Crippen LogP contribution in [0.5, 0.6) is 0 Å². The predicted molar refractivity (Wildman–Crippen MR) is 127 cm³/mol. The summed E-state index contributed by atoms with van der Waals surface area (Å²) >= 11 is 0. The highest BCUT2D eigenvalue weighted by molar-refractivity contribution is 6.21. The van der Waals surface area contributed by atoms with Crippen molar-refractivity contribution >= 4 is 10.2 Å². The van der Waals surface area contributed by atoms with E-state index in [1.165, 1.54) is 97.1 Å². The van der Waals surface area contributed by atoms with Crippen LogP contribution in [-0.4, -0.2) is 64.2 Å². The zero-order valence-corrected chi connectivity index (χ0v) is 21.9. The zero-order chi connectivity index (χ0) is 20.5. The Morgan fingerprint density at radius 3 is 1.15 bits per heavy atom. The summed E-state index contributed by atoms with van der Waals surface area (Å²) in [4.78, 5) is 8.21. The summed E-state index contributed by atoms with van der Waals surface area (Å²) in [6.45, 7) is 21.2. The molecule has 0 unspecified atom stereocenters. The van der Waals surface area contributed by atoms with Crippen LogP contribution in [0.1, 0.15) is 99.3 Å². The second kappa shape index (κ2) is 17.5. The van der Waals surface area contributed by atoms with Gasteiger partial charge in [0.1, 0.15) is 5.82 Å². The SMILES string of the molecule is CCCCN(CCC)C([SiH3])=C(N(CCC)CCCC)N(CCC)CCCC. The summed E-state index contributed by atoms with van der Waals surface area (Å²) in [5.41, 5.74) is 0. The van der Waals surface area contributed by atoms with E-state index in [1.807, 2.05) is 0 Å². The van der Waals surface area contributed by atoms with Crippen LogP contribution >= 0.6 is 0 Å². The van der Waals surface area contributed by atoms with Crippen molar-refractivity contribution in [2.24, 2.45) is 0 Å². The number of nitrogens with zero attached hydrogens (tertiary/aromatic N) is 3. The molecule has 0 bridgehead atoms. The third-order valence-corrected chi connectivity index (χ3v) is 6.30. The second-order valence-electron chi connectivity index (χ2n) is 7.93. The first-order chi connectivity index (χ1) is 13.1. The fraction of sp³-hybridized carbons (Fsp3) is 0.913. The number of hydrogen-bond acceptors (Lipinski definition) is 3. The molecular formula is C23H51N3Si. The molecule has 0 aromatic rings. The van der Waals surface area contributed by atoms with E-state index in [4.69, 9.17) is 0 Å². The van der Waals surface area contributed by atoms with Crippen LogP contribution in [0, 0.1) is 0 Å². The van der Waals surface area contributed by atoms with Gasteiger partial charge in [-0.15, -0.1) is 0 Å². The quantitative estimate of drug-likeness (QED) is 0.301.